The highest BCUT2D eigenvalue weighted by atomic mass is 16.6. The Morgan fingerprint density at radius 2 is 1.84 bits per heavy atom. The van der Waals surface area contributed by atoms with Gasteiger partial charge in [0.1, 0.15) is 5.60 Å². The monoisotopic (exact) mass is 263 g/mol. The van der Waals surface area contributed by atoms with Gasteiger partial charge in [0.15, 0.2) is 0 Å². The minimum absolute atomic E-state index is 0.0762. The SMILES string of the molecule is CC1=C(C(=O)NC2CC2)C2(CCCCCC2)OC1=O. The number of hydrogen-bond donors (Lipinski definition) is 1. The van der Waals surface area contributed by atoms with Gasteiger partial charge in [-0.15, -0.1) is 0 Å². The molecule has 0 atom stereocenters. The maximum Gasteiger partial charge on any atom is 0.335 e. The second-order valence-electron chi connectivity index (χ2n) is 6.05. The molecular weight excluding hydrogens is 242 g/mol. The molecule has 0 aromatic carbocycles. The molecule has 0 bridgehead atoms. The molecule has 0 radical (unpaired) electrons. The van der Waals surface area contributed by atoms with E-state index >= 15 is 0 Å². The average molecular weight is 263 g/mol. The Balaban J connectivity index is 1.89. The number of ether oxygens (including phenoxy) is 1. The summed E-state index contributed by atoms with van der Waals surface area (Å²) >= 11 is 0. The zero-order valence-corrected chi connectivity index (χ0v) is 11.5. The molecule has 1 aliphatic heterocycles. The van der Waals surface area contributed by atoms with Crippen LogP contribution in [0.5, 0.6) is 0 Å². The molecule has 2 saturated carbocycles. The Kier molecular flexibility index (Phi) is 3.11. The van der Waals surface area contributed by atoms with Crippen molar-refractivity contribution in [2.45, 2.75) is 69.9 Å². The summed E-state index contributed by atoms with van der Waals surface area (Å²) < 4.78 is 5.64. The second kappa shape index (κ2) is 4.66. The fourth-order valence-electron chi connectivity index (χ4n) is 3.26. The first-order valence-electron chi connectivity index (χ1n) is 7.38. The van der Waals surface area contributed by atoms with Crippen molar-refractivity contribution in [3.8, 4) is 0 Å². The van der Waals surface area contributed by atoms with Gasteiger partial charge in [0.2, 0.25) is 0 Å². The number of carbonyl (C=O) groups excluding carboxylic acids is 2. The number of esters is 1. The van der Waals surface area contributed by atoms with E-state index in [2.05, 4.69) is 5.32 Å². The van der Waals surface area contributed by atoms with Crippen LogP contribution in [0.2, 0.25) is 0 Å². The molecule has 19 heavy (non-hydrogen) atoms. The van der Waals surface area contributed by atoms with Crippen molar-refractivity contribution < 1.29 is 14.3 Å². The third-order valence-electron chi connectivity index (χ3n) is 4.48. The molecule has 0 unspecified atom stereocenters. The van der Waals surface area contributed by atoms with E-state index < -0.39 is 5.60 Å². The summed E-state index contributed by atoms with van der Waals surface area (Å²) in [5, 5.41) is 3.01. The Morgan fingerprint density at radius 1 is 1.21 bits per heavy atom. The molecule has 3 aliphatic rings. The molecule has 2 fully saturated rings. The molecule has 0 aromatic heterocycles. The van der Waals surface area contributed by atoms with Crippen LogP contribution in [0.25, 0.3) is 0 Å². The number of hydrogen-bond acceptors (Lipinski definition) is 3. The lowest BCUT2D eigenvalue weighted by atomic mass is 9.84. The summed E-state index contributed by atoms with van der Waals surface area (Å²) in [5.74, 6) is -0.379. The summed E-state index contributed by atoms with van der Waals surface area (Å²) in [7, 11) is 0. The van der Waals surface area contributed by atoms with Crippen molar-refractivity contribution in [1.29, 1.82) is 0 Å². The lowest BCUT2D eigenvalue weighted by Crippen LogP contribution is -2.40. The molecule has 4 heteroatoms. The highest BCUT2D eigenvalue weighted by Crippen LogP contribution is 2.43. The largest absolute Gasteiger partial charge is 0.451 e. The van der Waals surface area contributed by atoms with Crippen LogP contribution in [0.15, 0.2) is 11.1 Å². The van der Waals surface area contributed by atoms with Crippen molar-refractivity contribution >= 4 is 11.9 Å². The molecule has 0 saturated heterocycles. The molecule has 1 amide bonds. The predicted molar refractivity (Wildman–Crippen MR) is 70.4 cm³/mol. The van der Waals surface area contributed by atoms with E-state index in [4.69, 9.17) is 4.74 Å². The summed E-state index contributed by atoms with van der Waals surface area (Å²) in [6.07, 6.45) is 8.08. The minimum atomic E-state index is -0.628. The quantitative estimate of drug-likeness (QED) is 0.777. The van der Waals surface area contributed by atoms with Crippen LogP contribution < -0.4 is 5.32 Å². The summed E-state index contributed by atoms with van der Waals surface area (Å²) in [4.78, 5) is 24.4. The van der Waals surface area contributed by atoms with Crippen LogP contribution in [0, 0.1) is 0 Å². The highest BCUT2D eigenvalue weighted by Gasteiger charge is 2.49. The van der Waals surface area contributed by atoms with Gasteiger partial charge in [-0.25, -0.2) is 4.79 Å². The Morgan fingerprint density at radius 3 is 2.42 bits per heavy atom. The van der Waals surface area contributed by atoms with Crippen LogP contribution in [0.3, 0.4) is 0 Å². The van der Waals surface area contributed by atoms with Crippen LogP contribution >= 0.6 is 0 Å². The van der Waals surface area contributed by atoms with E-state index in [9.17, 15) is 9.59 Å². The summed E-state index contributed by atoms with van der Waals surface area (Å²) in [5.41, 5.74) is 0.503. The van der Waals surface area contributed by atoms with Gasteiger partial charge in [0.05, 0.1) is 5.57 Å². The van der Waals surface area contributed by atoms with Crippen LogP contribution in [0.4, 0.5) is 0 Å². The van der Waals surface area contributed by atoms with Crippen molar-refractivity contribution in [3.63, 3.8) is 0 Å². The van der Waals surface area contributed by atoms with E-state index in [1.807, 2.05) is 0 Å². The Hall–Kier alpha value is -1.32. The number of rotatable bonds is 2. The molecule has 4 nitrogen and oxygen atoms in total. The molecule has 1 N–H and O–H groups in total. The average Bonchev–Trinajstić information content (AvgIpc) is 3.14. The van der Waals surface area contributed by atoms with Gasteiger partial charge in [0.25, 0.3) is 5.91 Å². The molecule has 2 aliphatic carbocycles. The van der Waals surface area contributed by atoms with Crippen molar-refractivity contribution in [2.75, 3.05) is 0 Å². The zero-order chi connectivity index (χ0) is 13.5. The lowest BCUT2D eigenvalue weighted by molar-refractivity contribution is -0.148. The molecule has 104 valence electrons. The van der Waals surface area contributed by atoms with Crippen LogP contribution in [0.1, 0.15) is 58.3 Å². The van der Waals surface area contributed by atoms with Gasteiger partial charge in [-0.2, -0.15) is 0 Å². The van der Waals surface area contributed by atoms with Gasteiger partial charge >= 0.3 is 5.97 Å². The first kappa shape index (κ1) is 12.7. The number of nitrogens with one attached hydrogen (secondary N) is 1. The van der Waals surface area contributed by atoms with Gasteiger partial charge in [0, 0.05) is 11.6 Å². The van der Waals surface area contributed by atoms with E-state index in [1.54, 1.807) is 6.92 Å². The summed E-state index contributed by atoms with van der Waals surface area (Å²) in [6, 6.07) is 0.311. The Bertz CT molecular complexity index is 440. The fraction of sp³-hybridized carbons (Fsp3) is 0.733. The topological polar surface area (TPSA) is 55.4 Å². The maximum atomic E-state index is 12.4. The fourth-order valence-corrected chi connectivity index (χ4v) is 3.26. The number of carbonyl (C=O) groups is 2. The maximum absolute atomic E-state index is 12.4. The molecule has 0 aromatic rings. The molecule has 3 rings (SSSR count). The zero-order valence-electron chi connectivity index (χ0n) is 11.5. The van der Waals surface area contributed by atoms with E-state index in [0.29, 0.717) is 17.2 Å². The van der Waals surface area contributed by atoms with Crippen LogP contribution in [-0.4, -0.2) is 23.5 Å². The van der Waals surface area contributed by atoms with Gasteiger partial charge in [-0.1, -0.05) is 12.8 Å². The van der Waals surface area contributed by atoms with Gasteiger partial charge < -0.3 is 10.1 Å². The standard InChI is InChI=1S/C15H21NO3/c1-10-12(13(17)16-11-6-7-11)15(19-14(10)18)8-4-2-3-5-9-15/h11H,2-9H2,1H3,(H,16,17). The van der Waals surface area contributed by atoms with Crippen LogP contribution in [-0.2, 0) is 14.3 Å². The molecular formula is C15H21NO3. The van der Waals surface area contributed by atoms with E-state index in [0.717, 1.165) is 51.4 Å². The normalized spacial score (nSPS) is 26.3. The molecule has 1 heterocycles. The first-order valence-corrected chi connectivity index (χ1v) is 7.38. The second-order valence-corrected chi connectivity index (χ2v) is 6.05. The molecule has 1 spiro atoms. The third-order valence-corrected chi connectivity index (χ3v) is 4.48. The van der Waals surface area contributed by atoms with Gasteiger partial charge in [-0.3, -0.25) is 4.79 Å². The van der Waals surface area contributed by atoms with Crippen molar-refractivity contribution in [1.82, 2.24) is 5.32 Å². The van der Waals surface area contributed by atoms with Crippen molar-refractivity contribution in [3.05, 3.63) is 11.1 Å². The smallest absolute Gasteiger partial charge is 0.335 e. The van der Waals surface area contributed by atoms with E-state index in [-0.39, 0.29) is 11.9 Å². The first-order chi connectivity index (χ1) is 9.12. The van der Waals surface area contributed by atoms with E-state index in [1.165, 1.54) is 0 Å². The Labute approximate surface area is 113 Å². The predicted octanol–water partition coefficient (Wildman–Crippen LogP) is 2.23. The lowest BCUT2D eigenvalue weighted by Gasteiger charge is -2.29. The number of amides is 1. The third kappa shape index (κ3) is 2.28. The highest BCUT2D eigenvalue weighted by molar-refractivity contribution is 6.07. The van der Waals surface area contributed by atoms with Gasteiger partial charge in [-0.05, 0) is 45.4 Å². The minimum Gasteiger partial charge on any atom is -0.451 e. The summed E-state index contributed by atoms with van der Waals surface area (Å²) in [6.45, 7) is 1.73. The van der Waals surface area contributed by atoms with Crippen molar-refractivity contribution in [2.24, 2.45) is 0 Å².